The lowest BCUT2D eigenvalue weighted by atomic mass is 10.1. The van der Waals surface area contributed by atoms with Crippen LogP contribution < -0.4 is 24.8 Å². The van der Waals surface area contributed by atoms with E-state index in [1.54, 1.807) is 31.4 Å². The van der Waals surface area contributed by atoms with Crippen molar-refractivity contribution in [2.45, 2.75) is 34.0 Å². The lowest BCUT2D eigenvalue weighted by molar-refractivity contribution is -0.115. The van der Waals surface area contributed by atoms with Crippen molar-refractivity contribution < 1.29 is 23.8 Å². The zero-order valence-electron chi connectivity index (χ0n) is 19.2. The number of carbonyl (C=O) groups is 2. The van der Waals surface area contributed by atoms with E-state index in [9.17, 15) is 9.59 Å². The molecule has 0 aliphatic carbocycles. The predicted molar refractivity (Wildman–Crippen MR) is 128 cm³/mol. The Morgan fingerprint density at radius 3 is 1.58 bits per heavy atom. The van der Waals surface area contributed by atoms with E-state index in [0.29, 0.717) is 28.6 Å². The molecular weight excluding hydrogens is 420 g/mol. The Morgan fingerprint density at radius 1 is 0.758 bits per heavy atom. The van der Waals surface area contributed by atoms with Gasteiger partial charge in [-0.3, -0.25) is 9.59 Å². The predicted octanol–water partition coefficient (Wildman–Crippen LogP) is 5.08. The third kappa shape index (κ3) is 6.49. The third-order valence-corrected chi connectivity index (χ3v) is 4.75. The van der Waals surface area contributed by atoms with E-state index in [1.807, 2.05) is 43.3 Å². The molecular formula is C26H28N2O5. The van der Waals surface area contributed by atoms with Gasteiger partial charge in [-0.1, -0.05) is 29.8 Å². The minimum absolute atomic E-state index is 0.168. The summed E-state index contributed by atoms with van der Waals surface area (Å²) in [6, 6.07) is 18.5. The number of nitrogens with one attached hydrogen (secondary N) is 2. The Hall–Kier alpha value is -4.00. The van der Waals surface area contributed by atoms with E-state index < -0.39 is 0 Å². The molecule has 0 heterocycles. The van der Waals surface area contributed by atoms with Crippen LogP contribution in [0.3, 0.4) is 0 Å². The normalized spacial score (nSPS) is 10.3. The zero-order chi connectivity index (χ0) is 23.8. The molecule has 0 bridgehead atoms. The van der Waals surface area contributed by atoms with Crippen LogP contribution in [0.2, 0.25) is 0 Å². The molecule has 2 amide bonds. The first-order valence-electron chi connectivity index (χ1n) is 10.5. The molecule has 7 heteroatoms. The molecule has 3 rings (SSSR count). The molecule has 0 saturated heterocycles. The number of benzene rings is 3. The van der Waals surface area contributed by atoms with Crippen LogP contribution in [0.5, 0.6) is 17.2 Å². The molecule has 0 atom stereocenters. The quantitative estimate of drug-likeness (QED) is 0.477. The average Bonchev–Trinajstić information content (AvgIpc) is 2.77. The molecule has 2 N–H and O–H groups in total. The van der Waals surface area contributed by atoms with Gasteiger partial charge in [0.2, 0.25) is 11.8 Å². The smallest absolute Gasteiger partial charge is 0.221 e. The molecule has 3 aromatic carbocycles. The highest BCUT2D eigenvalue weighted by Crippen LogP contribution is 2.31. The molecule has 0 radical (unpaired) electrons. The van der Waals surface area contributed by atoms with Gasteiger partial charge in [0.05, 0.1) is 18.5 Å². The molecule has 172 valence electrons. The number of hydrogen-bond acceptors (Lipinski definition) is 5. The number of rotatable bonds is 9. The van der Waals surface area contributed by atoms with Crippen LogP contribution in [0.4, 0.5) is 11.4 Å². The number of hydrogen-bond donors (Lipinski definition) is 2. The number of ether oxygens (including phenoxy) is 3. The fourth-order valence-electron chi connectivity index (χ4n) is 3.49. The van der Waals surface area contributed by atoms with Crippen molar-refractivity contribution in [3.63, 3.8) is 0 Å². The summed E-state index contributed by atoms with van der Waals surface area (Å²) in [6.45, 7) is 5.39. The van der Waals surface area contributed by atoms with Gasteiger partial charge in [-0.15, -0.1) is 0 Å². The van der Waals surface area contributed by atoms with E-state index in [1.165, 1.54) is 13.8 Å². The fraction of sp³-hybridized carbons (Fsp3) is 0.231. The number of carbonyl (C=O) groups excluding carboxylic acids is 2. The highest BCUT2D eigenvalue weighted by molar-refractivity contribution is 5.90. The summed E-state index contributed by atoms with van der Waals surface area (Å²) in [5, 5.41) is 5.55. The van der Waals surface area contributed by atoms with Gasteiger partial charge >= 0.3 is 0 Å². The molecule has 7 nitrogen and oxygen atoms in total. The first-order valence-corrected chi connectivity index (χ1v) is 10.5. The van der Waals surface area contributed by atoms with Gasteiger partial charge in [0.15, 0.2) is 0 Å². The van der Waals surface area contributed by atoms with Gasteiger partial charge in [-0.2, -0.15) is 0 Å². The summed E-state index contributed by atoms with van der Waals surface area (Å²) in [5.74, 6) is 1.46. The number of para-hydroxylation sites is 4. The Kier molecular flexibility index (Phi) is 7.91. The van der Waals surface area contributed by atoms with Gasteiger partial charge in [0, 0.05) is 25.0 Å². The van der Waals surface area contributed by atoms with E-state index in [-0.39, 0.29) is 25.0 Å². The maximum atomic E-state index is 11.5. The van der Waals surface area contributed by atoms with Gasteiger partial charge < -0.3 is 24.8 Å². The van der Waals surface area contributed by atoms with E-state index >= 15 is 0 Å². The molecule has 0 aliphatic rings. The molecule has 33 heavy (non-hydrogen) atoms. The molecule has 0 fully saturated rings. The Labute approximate surface area is 193 Å². The summed E-state index contributed by atoms with van der Waals surface area (Å²) in [7, 11) is 1.61. The maximum Gasteiger partial charge on any atom is 0.221 e. The third-order valence-electron chi connectivity index (χ3n) is 4.75. The summed E-state index contributed by atoms with van der Waals surface area (Å²) in [5.41, 5.74) is 3.94. The second kappa shape index (κ2) is 11.0. The number of anilines is 2. The number of aryl methyl sites for hydroxylation is 1. The Balaban J connectivity index is 1.81. The molecule has 0 aliphatic heterocycles. The van der Waals surface area contributed by atoms with Crippen LogP contribution in [0, 0.1) is 6.92 Å². The van der Waals surface area contributed by atoms with Crippen LogP contribution in [-0.4, -0.2) is 18.9 Å². The van der Waals surface area contributed by atoms with Crippen LogP contribution in [0.15, 0.2) is 60.7 Å². The first kappa shape index (κ1) is 23.7. The second-order valence-corrected chi connectivity index (χ2v) is 7.55. The standard InChI is InChI=1S/C26H28N2O5/c1-17-13-20(15-32-24-11-7-5-9-22(24)27-18(2)29)26(31-4)21(14-17)16-33-25-12-8-6-10-23(25)28-19(3)30/h5-14H,15-16H2,1-4H3,(H,27,29)(H,28,30). The summed E-state index contributed by atoms with van der Waals surface area (Å²) >= 11 is 0. The van der Waals surface area contributed by atoms with E-state index in [0.717, 1.165) is 16.7 Å². The minimum Gasteiger partial charge on any atom is -0.496 e. The molecule has 0 unspecified atom stereocenters. The van der Waals surface area contributed by atoms with Crippen molar-refractivity contribution in [3.8, 4) is 17.2 Å². The highest BCUT2D eigenvalue weighted by atomic mass is 16.5. The van der Waals surface area contributed by atoms with Crippen LogP contribution in [0.25, 0.3) is 0 Å². The lowest BCUT2D eigenvalue weighted by Crippen LogP contribution is -2.09. The van der Waals surface area contributed by atoms with Crippen molar-refractivity contribution in [2.75, 3.05) is 17.7 Å². The number of amides is 2. The Morgan fingerprint density at radius 2 is 1.18 bits per heavy atom. The van der Waals surface area contributed by atoms with Crippen molar-refractivity contribution in [1.82, 2.24) is 0 Å². The molecule has 0 spiro atoms. The second-order valence-electron chi connectivity index (χ2n) is 7.55. The minimum atomic E-state index is -0.168. The highest BCUT2D eigenvalue weighted by Gasteiger charge is 2.14. The van der Waals surface area contributed by atoms with Crippen LogP contribution in [-0.2, 0) is 22.8 Å². The largest absolute Gasteiger partial charge is 0.496 e. The monoisotopic (exact) mass is 448 g/mol. The van der Waals surface area contributed by atoms with Crippen molar-refractivity contribution in [1.29, 1.82) is 0 Å². The maximum absolute atomic E-state index is 11.5. The summed E-state index contributed by atoms with van der Waals surface area (Å²) < 4.78 is 17.7. The first-order chi connectivity index (χ1) is 15.9. The summed E-state index contributed by atoms with van der Waals surface area (Å²) in [4.78, 5) is 23.0. The van der Waals surface area contributed by atoms with Gasteiger partial charge in [0.25, 0.3) is 0 Å². The SMILES string of the molecule is COc1c(COc2ccccc2NC(C)=O)cc(C)cc1COc1ccccc1NC(C)=O. The average molecular weight is 449 g/mol. The summed E-state index contributed by atoms with van der Waals surface area (Å²) in [6.07, 6.45) is 0. The van der Waals surface area contributed by atoms with E-state index in [4.69, 9.17) is 14.2 Å². The van der Waals surface area contributed by atoms with E-state index in [2.05, 4.69) is 10.6 Å². The van der Waals surface area contributed by atoms with Gasteiger partial charge in [-0.05, 0) is 43.3 Å². The fourth-order valence-corrected chi connectivity index (χ4v) is 3.49. The molecule has 0 saturated carbocycles. The van der Waals surface area contributed by atoms with Crippen LogP contribution >= 0.6 is 0 Å². The lowest BCUT2D eigenvalue weighted by Gasteiger charge is -2.18. The zero-order valence-corrected chi connectivity index (χ0v) is 19.2. The van der Waals surface area contributed by atoms with Gasteiger partial charge in [-0.25, -0.2) is 0 Å². The topological polar surface area (TPSA) is 85.9 Å². The van der Waals surface area contributed by atoms with Crippen molar-refractivity contribution >= 4 is 23.2 Å². The molecule has 3 aromatic rings. The van der Waals surface area contributed by atoms with Gasteiger partial charge in [0.1, 0.15) is 30.5 Å². The van der Waals surface area contributed by atoms with Crippen molar-refractivity contribution in [3.05, 3.63) is 77.4 Å². The number of methoxy groups -OCH3 is 1. The Bertz CT molecular complexity index is 1060. The molecule has 0 aromatic heterocycles. The van der Waals surface area contributed by atoms with Crippen molar-refractivity contribution in [2.24, 2.45) is 0 Å². The van der Waals surface area contributed by atoms with Crippen LogP contribution in [0.1, 0.15) is 30.5 Å².